The molecule has 0 unspecified atom stereocenters. The lowest BCUT2D eigenvalue weighted by atomic mass is 10.2. The van der Waals surface area contributed by atoms with Crippen LogP contribution in [0.25, 0.3) is 11.3 Å². The number of nitrogens with one attached hydrogen (secondary N) is 1. The van der Waals surface area contributed by atoms with Crippen LogP contribution in [0.3, 0.4) is 0 Å². The van der Waals surface area contributed by atoms with E-state index in [0.717, 1.165) is 29.1 Å². The number of rotatable bonds is 6. The monoisotopic (exact) mass is 250 g/mol. The van der Waals surface area contributed by atoms with E-state index in [-0.39, 0.29) is 6.42 Å². The van der Waals surface area contributed by atoms with Gasteiger partial charge in [-0.05, 0) is 25.3 Å². The molecule has 0 amide bonds. The number of thiazole rings is 1. The van der Waals surface area contributed by atoms with Crippen molar-refractivity contribution in [3.05, 3.63) is 28.8 Å². The largest absolute Gasteiger partial charge is 0.481 e. The van der Waals surface area contributed by atoms with Crippen molar-refractivity contribution in [2.75, 3.05) is 0 Å². The van der Waals surface area contributed by atoms with Gasteiger partial charge >= 0.3 is 5.97 Å². The summed E-state index contributed by atoms with van der Waals surface area (Å²) in [7, 11) is 0. The van der Waals surface area contributed by atoms with Crippen LogP contribution in [0.4, 0.5) is 0 Å². The Labute approximate surface area is 103 Å². The molecule has 2 N–H and O–H groups in total. The Hall–Kier alpha value is -1.62. The number of H-pyrrole nitrogens is 1. The molecule has 0 saturated heterocycles. The molecule has 0 aliphatic carbocycles. The van der Waals surface area contributed by atoms with Crippen LogP contribution in [0.15, 0.2) is 23.8 Å². The van der Waals surface area contributed by atoms with E-state index in [1.807, 2.05) is 23.8 Å². The molecule has 0 atom stereocenters. The average Bonchev–Trinajstić information content (AvgIpc) is 2.94. The highest BCUT2D eigenvalue weighted by molar-refractivity contribution is 7.09. The van der Waals surface area contributed by atoms with Crippen molar-refractivity contribution in [2.24, 2.45) is 0 Å². The predicted octanol–water partition coefficient (Wildman–Crippen LogP) is 2.94. The summed E-state index contributed by atoms with van der Waals surface area (Å²) >= 11 is 1.63. The van der Waals surface area contributed by atoms with Gasteiger partial charge in [0.15, 0.2) is 0 Å². The van der Waals surface area contributed by atoms with Gasteiger partial charge in [0.05, 0.1) is 10.7 Å². The summed E-state index contributed by atoms with van der Waals surface area (Å²) in [5, 5.41) is 11.6. The Bertz CT molecular complexity index is 476. The predicted molar refractivity (Wildman–Crippen MR) is 67.1 cm³/mol. The molecule has 2 aromatic heterocycles. The van der Waals surface area contributed by atoms with Gasteiger partial charge in [0, 0.05) is 29.8 Å². The number of hydrogen-bond donors (Lipinski definition) is 2. The third-order valence-corrected chi connectivity index (χ3v) is 3.39. The number of unbranched alkanes of at least 4 members (excludes halogenated alkanes) is 1. The number of aromatic amines is 1. The SMILES string of the molecule is O=C(O)CCCCc1nc(-c2cc[nH]c2)cs1. The zero-order valence-corrected chi connectivity index (χ0v) is 10.2. The molecule has 0 spiro atoms. The zero-order valence-electron chi connectivity index (χ0n) is 9.35. The number of carboxylic acid groups (broad SMARTS) is 1. The molecule has 90 valence electrons. The van der Waals surface area contributed by atoms with Gasteiger partial charge in [0.2, 0.25) is 0 Å². The van der Waals surface area contributed by atoms with Crippen LogP contribution in [-0.4, -0.2) is 21.0 Å². The quantitative estimate of drug-likeness (QED) is 0.775. The summed E-state index contributed by atoms with van der Waals surface area (Å²) in [4.78, 5) is 17.9. The van der Waals surface area contributed by atoms with Gasteiger partial charge in [-0.25, -0.2) is 4.98 Å². The normalized spacial score (nSPS) is 10.6. The lowest BCUT2D eigenvalue weighted by molar-refractivity contribution is -0.137. The third kappa shape index (κ3) is 3.42. The van der Waals surface area contributed by atoms with E-state index in [4.69, 9.17) is 5.11 Å². The van der Waals surface area contributed by atoms with Crippen molar-refractivity contribution in [3.8, 4) is 11.3 Å². The van der Waals surface area contributed by atoms with Gasteiger partial charge in [-0.1, -0.05) is 0 Å². The molecule has 0 bridgehead atoms. The van der Waals surface area contributed by atoms with E-state index >= 15 is 0 Å². The van der Waals surface area contributed by atoms with Gasteiger partial charge in [-0.2, -0.15) is 0 Å². The molecule has 5 heteroatoms. The fraction of sp³-hybridized carbons (Fsp3) is 0.333. The van der Waals surface area contributed by atoms with E-state index in [1.54, 1.807) is 11.3 Å². The lowest BCUT2D eigenvalue weighted by Crippen LogP contribution is -1.94. The molecule has 2 aromatic rings. The summed E-state index contributed by atoms with van der Waals surface area (Å²) in [6.07, 6.45) is 6.50. The standard InChI is InChI=1S/C12H14N2O2S/c15-12(16)4-2-1-3-11-14-10(8-17-11)9-5-6-13-7-9/h5-8,13H,1-4H2,(H,15,16). The van der Waals surface area contributed by atoms with Crippen LogP contribution in [0, 0.1) is 0 Å². The zero-order chi connectivity index (χ0) is 12.1. The van der Waals surface area contributed by atoms with E-state index in [1.165, 1.54) is 0 Å². The smallest absolute Gasteiger partial charge is 0.303 e. The second-order valence-corrected chi connectivity index (χ2v) is 4.77. The van der Waals surface area contributed by atoms with Crippen LogP contribution >= 0.6 is 11.3 Å². The number of hydrogen-bond acceptors (Lipinski definition) is 3. The van der Waals surface area contributed by atoms with Crippen molar-refractivity contribution in [2.45, 2.75) is 25.7 Å². The molecule has 0 aliphatic rings. The number of nitrogens with zero attached hydrogens (tertiary/aromatic N) is 1. The maximum Gasteiger partial charge on any atom is 0.303 e. The van der Waals surface area contributed by atoms with Crippen molar-refractivity contribution in [1.82, 2.24) is 9.97 Å². The molecule has 4 nitrogen and oxygen atoms in total. The van der Waals surface area contributed by atoms with Gasteiger partial charge in [-0.3, -0.25) is 4.79 Å². The van der Waals surface area contributed by atoms with Crippen LogP contribution in [0.5, 0.6) is 0 Å². The highest BCUT2D eigenvalue weighted by Gasteiger charge is 2.05. The molecule has 0 fully saturated rings. The molecule has 2 rings (SSSR count). The Morgan fingerprint density at radius 2 is 2.35 bits per heavy atom. The molecule has 17 heavy (non-hydrogen) atoms. The maximum absolute atomic E-state index is 10.4. The first-order valence-corrected chi connectivity index (χ1v) is 6.43. The first kappa shape index (κ1) is 11.9. The molecule has 0 aromatic carbocycles. The topological polar surface area (TPSA) is 66.0 Å². The Balaban J connectivity index is 1.84. The summed E-state index contributed by atoms with van der Waals surface area (Å²) in [5.74, 6) is -0.725. The summed E-state index contributed by atoms with van der Waals surface area (Å²) < 4.78 is 0. The molecule has 0 radical (unpaired) electrons. The summed E-state index contributed by atoms with van der Waals surface area (Å²) in [6.45, 7) is 0. The molecule has 0 saturated carbocycles. The highest BCUT2D eigenvalue weighted by Crippen LogP contribution is 2.22. The first-order chi connectivity index (χ1) is 8.25. The van der Waals surface area contributed by atoms with E-state index in [0.29, 0.717) is 6.42 Å². The van der Waals surface area contributed by atoms with Crippen molar-refractivity contribution in [3.63, 3.8) is 0 Å². The van der Waals surface area contributed by atoms with Crippen molar-refractivity contribution in [1.29, 1.82) is 0 Å². The third-order valence-electron chi connectivity index (χ3n) is 2.48. The van der Waals surface area contributed by atoms with E-state index in [9.17, 15) is 4.79 Å². The number of aromatic nitrogens is 2. The van der Waals surface area contributed by atoms with Crippen molar-refractivity contribution < 1.29 is 9.90 Å². The van der Waals surface area contributed by atoms with E-state index in [2.05, 4.69) is 9.97 Å². The summed E-state index contributed by atoms with van der Waals surface area (Å²) in [6, 6.07) is 1.99. The van der Waals surface area contributed by atoms with Crippen LogP contribution in [-0.2, 0) is 11.2 Å². The van der Waals surface area contributed by atoms with Gasteiger partial charge in [0.1, 0.15) is 0 Å². The molecular formula is C12H14N2O2S. The Morgan fingerprint density at radius 3 is 3.06 bits per heavy atom. The number of carboxylic acids is 1. The average molecular weight is 250 g/mol. The summed E-state index contributed by atoms with van der Waals surface area (Å²) in [5.41, 5.74) is 2.09. The minimum Gasteiger partial charge on any atom is -0.481 e. The lowest BCUT2D eigenvalue weighted by Gasteiger charge is -1.95. The van der Waals surface area contributed by atoms with Crippen LogP contribution < -0.4 is 0 Å². The van der Waals surface area contributed by atoms with Gasteiger partial charge in [-0.15, -0.1) is 11.3 Å². The fourth-order valence-corrected chi connectivity index (χ4v) is 2.44. The fourth-order valence-electron chi connectivity index (χ4n) is 1.59. The number of carbonyl (C=O) groups is 1. The van der Waals surface area contributed by atoms with Crippen molar-refractivity contribution >= 4 is 17.3 Å². The van der Waals surface area contributed by atoms with Gasteiger partial charge in [0.25, 0.3) is 0 Å². The van der Waals surface area contributed by atoms with Gasteiger partial charge < -0.3 is 10.1 Å². The Kier molecular flexibility index (Phi) is 3.93. The first-order valence-electron chi connectivity index (χ1n) is 5.55. The molecule has 0 aliphatic heterocycles. The van der Waals surface area contributed by atoms with Crippen LogP contribution in [0.2, 0.25) is 0 Å². The minimum absolute atomic E-state index is 0.246. The maximum atomic E-state index is 10.4. The molecular weight excluding hydrogens is 236 g/mol. The van der Waals surface area contributed by atoms with E-state index < -0.39 is 5.97 Å². The minimum atomic E-state index is -0.725. The second-order valence-electron chi connectivity index (χ2n) is 3.83. The second kappa shape index (κ2) is 5.63. The highest BCUT2D eigenvalue weighted by atomic mass is 32.1. The number of aryl methyl sites for hydroxylation is 1. The van der Waals surface area contributed by atoms with Crippen LogP contribution in [0.1, 0.15) is 24.3 Å². The number of aliphatic carboxylic acids is 1. The Morgan fingerprint density at radius 1 is 1.47 bits per heavy atom. The molecule has 2 heterocycles.